The number of sulfone groups is 1. The molecular formula is C17H17Cl3N2O2S. The fourth-order valence-corrected chi connectivity index (χ4v) is 3.63. The molecule has 0 radical (unpaired) electrons. The van der Waals surface area contributed by atoms with E-state index in [9.17, 15) is 8.42 Å². The Morgan fingerprint density at radius 1 is 1.04 bits per heavy atom. The maximum atomic E-state index is 12.2. The zero-order chi connectivity index (χ0) is 18.3. The summed E-state index contributed by atoms with van der Waals surface area (Å²) in [5.74, 6) is 0. The average molecular weight is 420 g/mol. The van der Waals surface area contributed by atoms with Gasteiger partial charge < -0.3 is 5.32 Å². The van der Waals surface area contributed by atoms with Crippen LogP contribution in [0.5, 0.6) is 0 Å². The van der Waals surface area contributed by atoms with Gasteiger partial charge in [0, 0.05) is 18.9 Å². The van der Waals surface area contributed by atoms with E-state index in [0.717, 1.165) is 30.4 Å². The molecule has 0 aliphatic rings. The molecule has 0 unspecified atom stereocenters. The maximum Gasteiger partial charge on any atom is 0.201 e. The second-order valence-electron chi connectivity index (χ2n) is 5.27. The number of halogens is 3. The van der Waals surface area contributed by atoms with Gasteiger partial charge in [-0.05, 0) is 49.6 Å². The maximum absolute atomic E-state index is 12.2. The summed E-state index contributed by atoms with van der Waals surface area (Å²) in [6.07, 6.45) is 5.69. The molecule has 0 saturated heterocycles. The molecule has 0 bridgehead atoms. The Labute approximate surface area is 162 Å². The summed E-state index contributed by atoms with van der Waals surface area (Å²) >= 11 is 17.7. The molecule has 0 spiro atoms. The van der Waals surface area contributed by atoms with Crippen molar-refractivity contribution in [1.82, 2.24) is 10.3 Å². The molecule has 0 fully saturated rings. The molecule has 2 aromatic rings. The van der Waals surface area contributed by atoms with Crippen LogP contribution in [0, 0.1) is 0 Å². The van der Waals surface area contributed by atoms with Gasteiger partial charge in [0.1, 0.15) is 0 Å². The van der Waals surface area contributed by atoms with E-state index in [-0.39, 0.29) is 9.92 Å². The summed E-state index contributed by atoms with van der Waals surface area (Å²) in [6.45, 7) is 0.651. The third kappa shape index (κ3) is 6.19. The second kappa shape index (κ2) is 9.43. The number of hydrogen-bond donors (Lipinski definition) is 1. The van der Waals surface area contributed by atoms with Crippen molar-refractivity contribution < 1.29 is 8.42 Å². The van der Waals surface area contributed by atoms with Gasteiger partial charge in [0.15, 0.2) is 0 Å². The lowest BCUT2D eigenvalue weighted by molar-refractivity contribution is 0.604. The summed E-state index contributed by atoms with van der Waals surface area (Å²) in [6, 6.07) is 7.83. The summed E-state index contributed by atoms with van der Waals surface area (Å²) in [7, 11) is -3.55. The van der Waals surface area contributed by atoms with Crippen LogP contribution in [0.4, 0.5) is 0 Å². The first kappa shape index (κ1) is 20.0. The van der Waals surface area contributed by atoms with Crippen LogP contribution >= 0.6 is 34.8 Å². The minimum Gasteiger partial charge on any atom is -0.390 e. The standard InChI is InChI=1S/C17H17Cl3N2O2S/c18-14-7-6-13(12-16(14)20)25(23,24)11-10-21-8-2-1-5-17-15(19)4-3-9-22-17/h3-4,6-7,9-12,21H,1-2,5,8H2. The van der Waals surface area contributed by atoms with Gasteiger partial charge in [-0.25, -0.2) is 8.42 Å². The number of nitrogens with zero attached hydrogens (tertiary/aromatic N) is 1. The highest BCUT2D eigenvalue weighted by Crippen LogP contribution is 2.25. The predicted molar refractivity (Wildman–Crippen MR) is 103 cm³/mol. The van der Waals surface area contributed by atoms with Crippen molar-refractivity contribution in [2.45, 2.75) is 24.2 Å². The van der Waals surface area contributed by atoms with Crippen molar-refractivity contribution in [3.8, 4) is 0 Å². The Balaban J connectivity index is 1.77. The van der Waals surface area contributed by atoms with Crippen molar-refractivity contribution in [2.75, 3.05) is 6.54 Å². The van der Waals surface area contributed by atoms with Gasteiger partial charge in [-0.15, -0.1) is 0 Å². The SMILES string of the molecule is O=S(=O)(C=CNCCCCc1ncccc1Cl)c1ccc(Cl)c(Cl)c1. The van der Waals surface area contributed by atoms with E-state index >= 15 is 0 Å². The fraction of sp³-hybridized carbons (Fsp3) is 0.235. The molecule has 0 amide bonds. The van der Waals surface area contributed by atoms with Gasteiger partial charge in [-0.1, -0.05) is 34.8 Å². The number of aromatic nitrogens is 1. The molecule has 0 aliphatic carbocycles. The van der Waals surface area contributed by atoms with Crippen LogP contribution in [0.25, 0.3) is 0 Å². The first-order valence-electron chi connectivity index (χ1n) is 7.59. The number of hydrogen-bond acceptors (Lipinski definition) is 4. The van der Waals surface area contributed by atoms with Crippen molar-refractivity contribution in [3.63, 3.8) is 0 Å². The minimum absolute atomic E-state index is 0.102. The first-order chi connectivity index (χ1) is 11.9. The molecular weight excluding hydrogens is 403 g/mol. The van der Waals surface area contributed by atoms with Crippen molar-refractivity contribution in [2.24, 2.45) is 0 Å². The van der Waals surface area contributed by atoms with Crippen LogP contribution in [0.15, 0.2) is 53.0 Å². The number of unbranched alkanes of at least 4 members (excludes halogenated alkanes) is 1. The van der Waals surface area contributed by atoms with E-state index in [1.807, 2.05) is 6.07 Å². The van der Waals surface area contributed by atoms with Crippen LogP contribution in [-0.4, -0.2) is 19.9 Å². The quantitative estimate of drug-likeness (QED) is 0.618. The van der Waals surface area contributed by atoms with Crippen LogP contribution in [-0.2, 0) is 16.3 Å². The van der Waals surface area contributed by atoms with Gasteiger partial charge >= 0.3 is 0 Å². The molecule has 0 atom stereocenters. The van der Waals surface area contributed by atoms with Crippen LogP contribution in [0.1, 0.15) is 18.5 Å². The highest BCUT2D eigenvalue weighted by molar-refractivity contribution is 7.94. The smallest absolute Gasteiger partial charge is 0.201 e. The van der Waals surface area contributed by atoms with Gasteiger partial charge in [0.25, 0.3) is 0 Å². The largest absolute Gasteiger partial charge is 0.390 e. The highest BCUT2D eigenvalue weighted by atomic mass is 35.5. The molecule has 1 aromatic carbocycles. The Bertz CT molecular complexity index is 855. The number of nitrogens with one attached hydrogen (secondary N) is 1. The first-order valence-corrected chi connectivity index (χ1v) is 10.3. The Morgan fingerprint density at radius 3 is 2.56 bits per heavy atom. The second-order valence-corrected chi connectivity index (χ2v) is 8.32. The van der Waals surface area contributed by atoms with Gasteiger partial charge in [-0.2, -0.15) is 0 Å². The molecule has 0 aliphatic heterocycles. The molecule has 134 valence electrons. The normalized spacial score (nSPS) is 11.8. The van der Waals surface area contributed by atoms with Gasteiger partial charge in [-0.3, -0.25) is 4.98 Å². The van der Waals surface area contributed by atoms with E-state index in [1.165, 1.54) is 24.4 Å². The molecule has 8 heteroatoms. The van der Waals surface area contributed by atoms with Crippen molar-refractivity contribution in [1.29, 1.82) is 0 Å². The lowest BCUT2D eigenvalue weighted by Gasteiger charge is -2.04. The van der Waals surface area contributed by atoms with Crippen LogP contribution < -0.4 is 5.32 Å². The lowest BCUT2D eigenvalue weighted by Crippen LogP contribution is -2.08. The minimum atomic E-state index is -3.55. The predicted octanol–water partition coefficient (Wildman–Crippen LogP) is 4.90. The molecule has 1 aromatic heterocycles. The van der Waals surface area contributed by atoms with Gasteiger partial charge in [0.05, 0.1) is 31.1 Å². The Kier molecular flexibility index (Phi) is 7.56. The molecule has 1 N–H and O–H groups in total. The van der Waals surface area contributed by atoms with E-state index < -0.39 is 9.84 Å². The number of pyridine rings is 1. The molecule has 2 rings (SSSR count). The summed E-state index contributed by atoms with van der Waals surface area (Å²) < 4.78 is 24.3. The topological polar surface area (TPSA) is 59.1 Å². The zero-order valence-corrected chi connectivity index (χ0v) is 16.3. The van der Waals surface area contributed by atoms with Crippen LogP contribution in [0.2, 0.25) is 15.1 Å². The molecule has 0 saturated carbocycles. The Hall–Kier alpha value is -1.27. The third-order valence-corrected chi connectivity index (χ3v) is 5.89. The molecule has 25 heavy (non-hydrogen) atoms. The number of aryl methyl sites for hydroxylation is 1. The highest BCUT2D eigenvalue weighted by Gasteiger charge is 2.12. The average Bonchev–Trinajstić information content (AvgIpc) is 2.58. The zero-order valence-electron chi connectivity index (χ0n) is 13.3. The molecule has 4 nitrogen and oxygen atoms in total. The van der Waals surface area contributed by atoms with E-state index in [1.54, 1.807) is 12.3 Å². The van der Waals surface area contributed by atoms with E-state index in [4.69, 9.17) is 34.8 Å². The fourth-order valence-electron chi connectivity index (χ4n) is 2.08. The number of rotatable bonds is 8. The van der Waals surface area contributed by atoms with E-state index in [0.29, 0.717) is 16.6 Å². The van der Waals surface area contributed by atoms with Crippen molar-refractivity contribution >= 4 is 44.6 Å². The Morgan fingerprint density at radius 2 is 1.84 bits per heavy atom. The lowest BCUT2D eigenvalue weighted by atomic mass is 10.2. The molecule has 1 heterocycles. The van der Waals surface area contributed by atoms with Gasteiger partial charge in [0.2, 0.25) is 9.84 Å². The third-order valence-electron chi connectivity index (χ3n) is 3.40. The monoisotopic (exact) mass is 418 g/mol. The van der Waals surface area contributed by atoms with Crippen molar-refractivity contribution in [3.05, 3.63) is 68.9 Å². The summed E-state index contributed by atoms with van der Waals surface area (Å²) in [5, 5.41) is 5.27. The number of benzene rings is 1. The summed E-state index contributed by atoms with van der Waals surface area (Å²) in [5.41, 5.74) is 0.877. The summed E-state index contributed by atoms with van der Waals surface area (Å²) in [4.78, 5) is 4.33. The van der Waals surface area contributed by atoms with Crippen LogP contribution in [0.3, 0.4) is 0 Å². The van der Waals surface area contributed by atoms with E-state index in [2.05, 4.69) is 10.3 Å².